The van der Waals surface area contributed by atoms with Crippen molar-refractivity contribution in [3.8, 4) is 11.3 Å². The van der Waals surface area contributed by atoms with Crippen LogP contribution in [0.4, 0.5) is 5.69 Å². The lowest BCUT2D eigenvalue weighted by Crippen LogP contribution is -2.36. The van der Waals surface area contributed by atoms with Crippen molar-refractivity contribution < 1.29 is 18.9 Å². The molecule has 0 saturated carbocycles. The van der Waals surface area contributed by atoms with Crippen molar-refractivity contribution in [3.05, 3.63) is 73.8 Å². The first-order chi connectivity index (χ1) is 14.9. The van der Waals surface area contributed by atoms with E-state index < -0.39 is 10.8 Å². The third kappa shape index (κ3) is 3.29. The number of dihydropyridines is 1. The highest BCUT2D eigenvalue weighted by molar-refractivity contribution is 6.30. The topological polar surface area (TPSA) is 102 Å². The van der Waals surface area contributed by atoms with E-state index >= 15 is 0 Å². The molecule has 1 aromatic carbocycles. The van der Waals surface area contributed by atoms with Crippen LogP contribution in [0.15, 0.2) is 57.3 Å². The third-order valence-electron chi connectivity index (χ3n) is 6.12. The predicted molar refractivity (Wildman–Crippen MR) is 113 cm³/mol. The standard InChI is InChI=1S/C23H19ClN2O5/c24-12-7-8-13(16(11-12)26(29)30)19-9-10-20(31-19)23-21-14(3-1-5-17(21)27)25-15-4-2-6-18(28)22(15)23/h7-11,23,25H,1-6H2. The highest BCUT2D eigenvalue weighted by Crippen LogP contribution is 2.46. The normalized spacial score (nSPS) is 19.3. The number of furan rings is 1. The Labute approximate surface area is 182 Å². The van der Waals surface area contributed by atoms with Crippen LogP contribution < -0.4 is 5.32 Å². The van der Waals surface area contributed by atoms with Gasteiger partial charge in [0, 0.05) is 46.5 Å². The van der Waals surface area contributed by atoms with Gasteiger partial charge in [-0.1, -0.05) is 11.6 Å². The van der Waals surface area contributed by atoms with E-state index in [1.165, 1.54) is 6.07 Å². The molecular weight excluding hydrogens is 420 g/mol. The quantitative estimate of drug-likeness (QED) is 0.521. The van der Waals surface area contributed by atoms with Crippen LogP contribution in [0.5, 0.6) is 0 Å². The zero-order valence-electron chi connectivity index (χ0n) is 16.6. The molecule has 31 heavy (non-hydrogen) atoms. The Morgan fingerprint density at radius 1 is 0.968 bits per heavy atom. The average molecular weight is 439 g/mol. The Hall–Kier alpha value is -3.19. The fourth-order valence-electron chi connectivity index (χ4n) is 4.78. The lowest BCUT2D eigenvalue weighted by molar-refractivity contribution is -0.384. The summed E-state index contributed by atoms with van der Waals surface area (Å²) in [6.45, 7) is 0. The van der Waals surface area contributed by atoms with E-state index in [0.29, 0.717) is 41.1 Å². The first-order valence-corrected chi connectivity index (χ1v) is 10.7. The van der Waals surface area contributed by atoms with Gasteiger partial charge in [-0.15, -0.1) is 0 Å². The van der Waals surface area contributed by atoms with Crippen LogP contribution in [0.2, 0.25) is 5.02 Å². The molecule has 5 rings (SSSR count). The number of nitro benzene ring substituents is 1. The maximum Gasteiger partial charge on any atom is 0.281 e. The molecule has 0 fully saturated rings. The first kappa shape index (κ1) is 19.8. The second-order valence-electron chi connectivity index (χ2n) is 8.02. The molecule has 0 spiro atoms. The van der Waals surface area contributed by atoms with Crippen molar-refractivity contribution >= 4 is 28.9 Å². The summed E-state index contributed by atoms with van der Waals surface area (Å²) < 4.78 is 6.09. The van der Waals surface area contributed by atoms with Gasteiger partial charge in [-0.2, -0.15) is 0 Å². The van der Waals surface area contributed by atoms with Crippen LogP contribution in [0.1, 0.15) is 50.2 Å². The van der Waals surface area contributed by atoms with E-state index in [2.05, 4.69) is 5.32 Å². The van der Waals surface area contributed by atoms with Crippen molar-refractivity contribution in [2.75, 3.05) is 0 Å². The summed E-state index contributed by atoms with van der Waals surface area (Å²) in [4.78, 5) is 36.7. The molecule has 0 bridgehead atoms. The monoisotopic (exact) mass is 438 g/mol. The van der Waals surface area contributed by atoms with Crippen molar-refractivity contribution in [1.82, 2.24) is 5.32 Å². The molecule has 7 nitrogen and oxygen atoms in total. The molecule has 0 radical (unpaired) electrons. The summed E-state index contributed by atoms with van der Waals surface area (Å²) in [5.74, 6) is 0.198. The summed E-state index contributed by atoms with van der Waals surface area (Å²) in [7, 11) is 0. The zero-order valence-corrected chi connectivity index (χ0v) is 17.3. The number of Topliss-reactive ketones (excluding diaryl/α,β-unsaturated/α-hetero) is 2. The number of benzene rings is 1. The van der Waals surface area contributed by atoms with Crippen molar-refractivity contribution in [2.45, 2.75) is 44.4 Å². The minimum Gasteiger partial charge on any atom is -0.460 e. The summed E-state index contributed by atoms with van der Waals surface area (Å²) >= 11 is 5.93. The van der Waals surface area contributed by atoms with Gasteiger partial charge >= 0.3 is 0 Å². The van der Waals surface area contributed by atoms with E-state index in [4.69, 9.17) is 16.0 Å². The van der Waals surface area contributed by atoms with Gasteiger partial charge in [-0.3, -0.25) is 19.7 Å². The summed E-state index contributed by atoms with van der Waals surface area (Å²) in [5.41, 5.74) is 3.04. The largest absolute Gasteiger partial charge is 0.460 e. The number of allylic oxidation sites excluding steroid dienone is 4. The Kier molecular flexibility index (Phi) is 4.78. The van der Waals surface area contributed by atoms with Crippen molar-refractivity contribution in [3.63, 3.8) is 0 Å². The minimum absolute atomic E-state index is 0.0131. The lowest BCUT2D eigenvalue weighted by atomic mass is 9.73. The molecule has 0 saturated heterocycles. The molecule has 0 atom stereocenters. The second-order valence-corrected chi connectivity index (χ2v) is 8.45. The molecule has 1 N–H and O–H groups in total. The van der Waals surface area contributed by atoms with Crippen LogP contribution in [-0.4, -0.2) is 16.5 Å². The van der Waals surface area contributed by atoms with Gasteiger partial charge in [0.15, 0.2) is 11.6 Å². The third-order valence-corrected chi connectivity index (χ3v) is 6.36. The first-order valence-electron chi connectivity index (χ1n) is 10.3. The van der Waals surface area contributed by atoms with Crippen LogP contribution >= 0.6 is 11.6 Å². The molecular formula is C23H19ClN2O5. The molecule has 3 aliphatic rings. The zero-order chi connectivity index (χ0) is 21.7. The van der Waals surface area contributed by atoms with E-state index in [9.17, 15) is 19.7 Å². The number of nitro groups is 1. The van der Waals surface area contributed by atoms with Crippen LogP contribution in [0.25, 0.3) is 11.3 Å². The summed E-state index contributed by atoms with van der Waals surface area (Å²) in [5, 5.41) is 15.1. The highest BCUT2D eigenvalue weighted by Gasteiger charge is 2.41. The molecule has 2 aromatic rings. The molecule has 0 amide bonds. The van der Waals surface area contributed by atoms with E-state index in [0.717, 1.165) is 37.1 Å². The van der Waals surface area contributed by atoms with Crippen molar-refractivity contribution in [2.24, 2.45) is 0 Å². The second kappa shape index (κ2) is 7.50. The van der Waals surface area contributed by atoms with Gasteiger partial charge in [-0.25, -0.2) is 0 Å². The fourth-order valence-corrected chi connectivity index (χ4v) is 4.95. The molecule has 1 aliphatic heterocycles. The average Bonchev–Trinajstić information content (AvgIpc) is 3.22. The van der Waals surface area contributed by atoms with Crippen LogP contribution in [0, 0.1) is 10.1 Å². The molecule has 8 heteroatoms. The fraction of sp³-hybridized carbons (Fsp3) is 0.304. The smallest absolute Gasteiger partial charge is 0.281 e. The van der Waals surface area contributed by atoms with Gasteiger partial charge in [-0.05, 0) is 49.9 Å². The van der Waals surface area contributed by atoms with Gasteiger partial charge in [0.25, 0.3) is 5.69 Å². The number of nitrogens with zero attached hydrogens (tertiary/aromatic N) is 1. The number of hydrogen-bond acceptors (Lipinski definition) is 6. The summed E-state index contributed by atoms with van der Waals surface area (Å²) in [6, 6.07) is 7.74. The number of halogens is 1. The number of carbonyl (C=O) groups excluding carboxylic acids is 2. The maximum atomic E-state index is 12.9. The van der Waals surface area contributed by atoms with Crippen molar-refractivity contribution in [1.29, 1.82) is 0 Å². The number of carbonyl (C=O) groups is 2. The van der Waals surface area contributed by atoms with Crippen LogP contribution in [0.3, 0.4) is 0 Å². The van der Waals surface area contributed by atoms with E-state index in [-0.39, 0.29) is 22.3 Å². The Balaban J connectivity index is 1.64. The van der Waals surface area contributed by atoms with Gasteiger partial charge in [0.05, 0.1) is 16.4 Å². The van der Waals surface area contributed by atoms with E-state index in [1.54, 1.807) is 24.3 Å². The highest BCUT2D eigenvalue weighted by atomic mass is 35.5. The molecule has 1 aromatic heterocycles. The van der Waals surface area contributed by atoms with Crippen LogP contribution in [-0.2, 0) is 9.59 Å². The SMILES string of the molecule is O=C1CCCC2=C1C(c1ccc(-c3ccc(Cl)cc3[N+](=O)[O-])o1)C1=C(CCCC1=O)N2. The maximum absolute atomic E-state index is 12.9. The van der Waals surface area contributed by atoms with Gasteiger partial charge in [0.1, 0.15) is 11.5 Å². The minimum atomic E-state index is -0.577. The number of nitrogens with one attached hydrogen (secondary N) is 1. The Morgan fingerprint density at radius 3 is 2.23 bits per heavy atom. The predicted octanol–water partition coefficient (Wildman–Crippen LogP) is 5.21. The van der Waals surface area contributed by atoms with Gasteiger partial charge < -0.3 is 9.73 Å². The molecule has 0 unspecified atom stereocenters. The molecule has 2 aliphatic carbocycles. The number of ketones is 2. The molecule has 158 valence electrons. The Morgan fingerprint density at radius 2 is 1.61 bits per heavy atom. The Bertz CT molecular complexity index is 1160. The molecule has 2 heterocycles. The number of rotatable bonds is 3. The summed E-state index contributed by atoms with van der Waals surface area (Å²) in [6.07, 6.45) is 3.91. The van der Waals surface area contributed by atoms with Gasteiger partial charge in [0.2, 0.25) is 0 Å². The van der Waals surface area contributed by atoms with E-state index in [1.807, 2.05) is 0 Å². The lowest BCUT2D eigenvalue weighted by Gasteiger charge is -2.36. The number of hydrogen-bond donors (Lipinski definition) is 1.